The fourth-order valence-corrected chi connectivity index (χ4v) is 3.09. The zero-order valence-electron chi connectivity index (χ0n) is 12.9. The van der Waals surface area contributed by atoms with E-state index in [0.717, 1.165) is 48.7 Å². The zero-order chi connectivity index (χ0) is 15.8. The topological polar surface area (TPSA) is 70.3 Å². The number of para-hydroxylation sites is 2. The van der Waals surface area contributed by atoms with Crippen molar-refractivity contribution in [3.05, 3.63) is 36.8 Å². The fraction of sp³-hybridized carbons (Fsp3) is 0.312. The number of hydrogen-bond donors (Lipinski definition) is 1. The average molecular weight is 310 g/mol. The van der Waals surface area contributed by atoms with Crippen molar-refractivity contribution >= 4 is 22.5 Å². The summed E-state index contributed by atoms with van der Waals surface area (Å²) in [6, 6.07) is 7.47. The van der Waals surface area contributed by atoms with Crippen LogP contribution in [0.1, 0.15) is 0 Å². The SMILES string of the molecule is Cn1ncc2c(N3CCN(c4ccccc4O)CC3)ncnc21. The summed E-state index contributed by atoms with van der Waals surface area (Å²) in [5.41, 5.74) is 1.74. The van der Waals surface area contributed by atoms with E-state index in [1.807, 2.05) is 31.4 Å². The highest BCUT2D eigenvalue weighted by Gasteiger charge is 2.22. The summed E-state index contributed by atoms with van der Waals surface area (Å²) >= 11 is 0. The third kappa shape index (κ3) is 2.34. The van der Waals surface area contributed by atoms with Gasteiger partial charge in [-0.25, -0.2) is 9.97 Å². The van der Waals surface area contributed by atoms with E-state index < -0.39 is 0 Å². The molecule has 0 bridgehead atoms. The van der Waals surface area contributed by atoms with Gasteiger partial charge in [0.1, 0.15) is 17.9 Å². The molecule has 1 aromatic carbocycles. The van der Waals surface area contributed by atoms with Crippen molar-refractivity contribution in [2.24, 2.45) is 7.05 Å². The molecule has 3 heterocycles. The van der Waals surface area contributed by atoms with E-state index in [2.05, 4.69) is 24.9 Å². The Kier molecular flexibility index (Phi) is 3.25. The number of phenols is 1. The van der Waals surface area contributed by atoms with Crippen molar-refractivity contribution in [2.45, 2.75) is 0 Å². The normalized spacial score (nSPS) is 15.3. The van der Waals surface area contributed by atoms with Gasteiger partial charge in [0.2, 0.25) is 0 Å². The van der Waals surface area contributed by atoms with Gasteiger partial charge in [0.05, 0.1) is 17.3 Å². The smallest absolute Gasteiger partial charge is 0.163 e. The molecule has 0 atom stereocenters. The Hall–Kier alpha value is -2.83. The molecule has 23 heavy (non-hydrogen) atoms. The standard InChI is InChI=1S/C16H18N6O/c1-20-15-12(10-19-20)16(18-11-17-15)22-8-6-21(7-9-22)13-4-2-3-5-14(13)23/h2-5,10-11,23H,6-9H2,1H3. The molecule has 0 unspecified atom stereocenters. The van der Waals surface area contributed by atoms with Crippen LogP contribution < -0.4 is 9.80 Å². The lowest BCUT2D eigenvalue weighted by Gasteiger charge is -2.37. The van der Waals surface area contributed by atoms with Crippen LogP contribution in [-0.4, -0.2) is 51.0 Å². The first-order chi connectivity index (χ1) is 11.2. The van der Waals surface area contributed by atoms with Crippen molar-refractivity contribution in [1.82, 2.24) is 19.7 Å². The fourth-order valence-electron chi connectivity index (χ4n) is 3.09. The molecule has 0 aliphatic carbocycles. The quantitative estimate of drug-likeness (QED) is 0.771. The van der Waals surface area contributed by atoms with Gasteiger partial charge in [-0.3, -0.25) is 4.68 Å². The van der Waals surface area contributed by atoms with Crippen molar-refractivity contribution < 1.29 is 5.11 Å². The molecule has 2 aromatic heterocycles. The minimum Gasteiger partial charge on any atom is -0.506 e. The number of rotatable bonds is 2. The summed E-state index contributed by atoms with van der Waals surface area (Å²) in [6.07, 6.45) is 3.41. The number of piperazine rings is 1. The second-order valence-corrected chi connectivity index (χ2v) is 5.67. The second-order valence-electron chi connectivity index (χ2n) is 5.67. The van der Waals surface area contributed by atoms with Gasteiger partial charge in [-0.05, 0) is 12.1 Å². The maximum atomic E-state index is 10.0. The monoisotopic (exact) mass is 310 g/mol. The predicted octanol–water partition coefficient (Wildman–Crippen LogP) is 1.40. The van der Waals surface area contributed by atoms with Crippen LogP contribution in [0.4, 0.5) is 11.5 Å². The number of fused-ring (bicyclic) bond motifs is 1. The summed E-state index contributed by atoms with van der Waals surface area (Å²) in [4.78, 5) is 13.2. The lowest BCUT2D eigenvalue weighted by molar-refractivity contribution is 0.472. The lowest BCUT2D eigenvalue weighted by Crippen LogP contribution is -2.46. The van der Waals surface area contributed by atoms with Crippen LogP contribution in [0, 0.1) is 0 Å². The number of hydrogen-bond acceptors (Lipinski definition) is 6. The molecule has 0 radical (unpaired) electrons. The van der Waals surface area contributed by atoms with Crippen LogP contribution in [-0.2, 0) is 7.05 Å². The van der Waals surface area contributed by atoms with Gasteiger partial charge in [-0.1, -0.05) is 12.1 Å². The van der Waals surface area contributed by atoms with Crippen LogP contribution in [0.25, 0.3) is 11.0 Å². The van der Waals surface area contributed by atoms with Gasteiger partial charge in [-0.15, -0.1) is 0 Å². The van der Waals surface area contributed by atoms with E-state index in [4.69, 9.17) is 0 Å². The number of aromatic hydroxyl groups is 1. The van der Waals surface area contributed by atoms with Crippen molar-refractivity contribution in [3.8, 4) is 5.75 Å². The van der Waals surface area contributed by atoms with E-state index in [0.29, 0.717) is 5.75 Å². The van der Waals surface area contributed by atoms with Crippen molar-refractivity contribution in [1.29, 1.82) is 0 Å². The molecule has 1 aliphatic heterocycles. The molecule has 1 saturated heterocycles. The lowest BCUT2D eigenvalue weighted by atomic mass is 10.2. The molecule has 7 nitrogen and oxygen atoms in total. The zero-order valence-corrected chi connectivity index (χ0v) is 12.9. The molecule has 0 spiro atoms. The minimum absolute atomic E-state index is 0.331. The molecule has 1 N–H and O–H groups in total. The third-order valence-corrected chi connectivity index (χ3v) is 4.31. The molecular formula is C16H18N6O. The Bertz CT molecular complexity index is 837. The maximum absolute atomic E-state index is 10.0. The summed E-state index contributed by atoms with van der Waals surface area (Å²) < 4.78 is 1.76. The summed E-state index contributed by atoms with van der Waals surface area (Å²) in [7, 11) is 1.88. The Labute approximate surface area is 133 Å². The van der Waals surface area contributed by atoms with E-state index in [9.17, 15) is 5.11 Å². The second kappa shape index (κ2) is 5.42. The van der Waals surface area contributed by atoms with E-state index in [1.54, 1.807) is 17.1 Å². The van der Waals surface area contributed by atoms with Gasteiger partial charge in [0.15, 0.2) is 5.65 Å². The minimum atomic E-state index is 0.331. The number of aromatic nitrogens is 4. The number of nitrogens with zero attached hydrogens (tertiary/aromatic N) is 6. The third-order valence-electron chi connectivity index (χ3n) is 4.31. The van der Waals surface area contributed by atoms with Gasteiger partial charge < -0.3 is 14.9 Å². The van der Waals surface area contributed by atoms with Crippen LogP contribution in [0.3, 0.4) is 0 Å². The molecule has 1 fully saturated rings. The highest BCUT2D eigenvalue weighted by molar-refractivity contribution is 5.86. The van der Waals surface area contributed by atoms with Crippen LogP contribution >= 0.6 is 0 Å². The Morgan fingerprint density at radius 1 is 1.00 bits per heavy atom. The summed E-state index contributed by atoms with van der Waals surface area (Å²) in [5, 5.41) is 15.3. The van der Waals surface area contributed by atoms with Gasteiger partial charge in [0.25, 0.3) is 0 Å². The number of phenolic OH excluding ortho intramolecular Hbond substituents is 1. The Morgan fingerprint density at radius 2 is 1.74 bits per heavy atom. The first-order valence-electron chi connectivity index (χ1n) is 7.64. The van der Waals surface area contributed by atoms with Gasteiger partial charge in [0, 0.05) is 33.2 Å². The van der Waals surface area contributed by atoms with Crippen LogP contribution in [0.2, 0.25) is 0 Å². The molecule has 7 heteroatoms. The van der Waals surface area contributed by atoms with Gasteiger partial charge in [-0.2, -0.15) is 5.10 Å². The summed E-state index contributed by atoms with van der Waals surface area (Å²) in [5.74, 6) is 1.26. The highest BCUT2D eigenvalue weighted by atomic mass is 16.3. The molecule has 118 valence electrons. The van der Waals surface area contributed by atoms with Gasteiger partial charge >= 0.3 is 0 Å². The number of anilines is 2. The van der Waals surface area contributed by atoms with E-state index in [-0.39, 0.29) is 0 Å². The summed E-state index contributed by atoms with van der Waals surface area (Å²) in [6.45, 7) is 3.36. The first-order valence-corrected chi connectivity index (χ1v) is 7.64. The van der Waals surface area contributed by atoms with Crippen LogP contribution in [0.15, 0.2) is 36.8 Å². The number of benzene rings is 1. The highest BCUT2D eigenvalue weighted by Crippen LogP contribution is 2.29. The molecule has 0 amide bonds. The Morgan fingerprint density at radius 3 is 2.52 bits per heavy atom. The molecule has 1 aliphatic rings. The van der Waals surface area contributed by atoms with Crippen molar-refractivity contribution in [3.63, 3.8) is 0 Å². The predicted molar refractivity (Wildman–Crippen MR) is 88.8 cm³/mol. The Balaban J connectivity index is 1.56. The van der Waals surface area contributed by atoms with Crippen LogP contribution in [0.5, 0.6) is 5.75 Å². The number of aryl methyl sites for hydroxylation is 1. The van der Waals surface area contributed by atoms with Crippen molar-refractivity contribution in [2.75, 3.05) is 36.0 Å². The average Bonchev–Trinajstić information content (AvgIpc) is 2.97. The van der Waals surface area contributed by atoms with E-state index >= 15 is 0 Å². The molecular weight excluding hydrogens is 292 g/mol. The van der Waals surface area contributed by atoms with E-state index in [1.165, 1.54) is 0 Å². The largest absolute Gasteiger partial charge is 0.506 e. The molecule has 3 aromatic rings. The first kappa shape index (κ1) is 13.8. The molecule has 4 rings (SSSR count). The maximum Gasteiger partial charge on any atom is 0.163 e. The molecule has 0 saturated carbocycles.